The Morgan fingerprint density at radius 3 is 2.62 bits per heavy atom. The zero-order valence-electron chi connectivity index (χ0n) is 9.56. The van der Waals surface area contributed by atoms with Gasteiger partial charge < -0.3 is 14.2 Å². The topological polar surface area (TPSA) is 49.6 Å². The molecule has 5 nitrogen and oxygen atoms in total. The first-order chi connectivity index (χ1) is 7.60. The summed E-state index contributed by atoms with van der Waals surface area (Å²) in [7, 11) is 2.11. The molecule has 0 saturated carbocycles. The van der Waals surface area contributed by atoms with Crippen molar-refractivity contribution in [2.45, 2.75) is 6.92 Å². The van der Waals surface area contributed by atoms with Gasteiger partial charge in [-0.3, -0.25) is 4.79 Å². The van der Waals surface area contributed by atoms with Crippen LogP contribution in [0.5, 0.6) is 0 Å². The quantitative estimate of drug-likeness (QED) is 0.687. The van der Waals surface area contributed by atoms with E-state index in [0.29, 0.717) is 16.9 Å². The van der Waals surface area contributed by atoms with Gasteiger partial charge in [0.1, 0.15) is 5.76 Å². The Kier molecular flexibility index (Phi) is 1.89. The highest BCUT2D eigenvalue weighted by Crippen LogP contribution is 2.39. The van der Waals surface area contributed by atoms with Crippen LogP contribution in [-0.4, -0.2) is 53.9 Å². The van der Waals surface area contributed by atoms with E-state index in [4.69, 9.17) is 4.42 Å². The van der Waals surface area contributed by atoms with Crippen molar-refractivity contribution < 1.29 is 9.21 Å². The molecule has 1 aromatic rings. The van der Waals surface area contributed by atoms with E-state index >= 15 is 0 Å². The fraction of sp³-hybridized carbons (Fsp3) is 0.636. The van der Waals surface area contributed by atoms with Crippen molar-refractivity contribution in [2.24, 2.45) is 5.41 Å². The van der Waals surface area contributed by atoms with E-state index in [1.807, 2.05) is 4.90 Å². The largest absolute Gasteiger partial charge is 0.448 e. The van der Waals surface area contributed by atoms with Gasteiger partial charge in [0.15, 0.2) is 12.1 Å². The summed E-state index contributed by atoms with van der Waals surface area (Å²) < 4.78 is 5.05. The second-order valence-corrected chi connectivity index (χ2v) is 5.09. The number of oxazole rings is 1. The van der Waals surface area contributed by atoms with Crippen molar-refractivity contribution in [2.75, 3.05) is 33.2 Å². The summed E-state index contributed by atoms with van der Waals surface area (Å²) in [5.74, 6) is 0.614. The van der Waals surface area contributed by atoms with Crippen LogP contribution < -0.4 is 0 Å². The van der Waals surface area contributed by atoms with E-state index in [0.717, 1.165) is 26.2 Å². The maximum atomic E-state index is 12.0. The zero-order valence-corrected chi connectivity index (χ0v) is 9.56. The summed E-state index contributed by atoms with van der Waals surface area (Å²) in [5, 5.41) is 0. The van der Waals surface area contributed by atoms with E-state index in [9.17, 15) is 4.79 Å². The first-order valence-electron chi connectivity index (χ1n) is 5.48. The van der Waals surface area contributed by atoms with Crippen LogP contribution in [0.1, 0.15) is 16.2 Å². The van der Waals surface area contributed by atoms with Gasteiger partial charge in [0.2, 0.25) is 0 Å². The number of aromatic nitrogens is 1. The van der Waals surface area contributed by atoms with Gasteiger partial charge in [-0.05, 0) is 14.0 Å². The number of carbonyl (C=O) groups is 1. The van der Waals surface area contributed by atoms with Crippen LogP contribution in [0, 0.1) is 12.3 Å². The Morgan fingerprint density at radius 1 is 1.44 bits per heavy atom. The lowest BCUT2D eigenvalue weighted by atomic mass is 9.73. The van der Waals surface area contributed by atoms with E-state index < -0.39 is 0 Å². The molecule has 2 aliphatic heterocycles. The third-order valence-electron chi connectivity index (χ3n) is 3.50. The van der Waals surface area contributed by atoms with Crippen molar-refractivity contribution in [3.63, 3.8) is 0 Å². The van der Waals surface area contributed by atoms with E-state index in [-0.39, 0.29) is 5.91 Å². The normalized spacial score (nSPS) is 23.0. The highest BCUT2D eigenvalue weighted by molar-refractivity contribution is 5.93. The van der Waals surface area contributed by atoms with Gasteiger partial charge in [-0.2, -0.15) is 0 Å². The first-order valence-corrected chi connectivity index (χ1v) is 5.48. The van der Waals surface area contributed by atoms with Crippen molar-refractivity contribution in [1.29, 1.82) is 0 Å². The number of likely N-dealkylation sites (tertiary alicyclic amines) is 2. The third kappa shape index (κ3) is 1.28. The molecular formula is C11H15N3O2. The highest BCUT2D eigenvalue weighted by Gasteiger charge is 2.52. The molecule has 0 radical (unpaired) electrons. The first kappa shape index (κ1) is 9.84. The predicted molar refractivity (Wildman–Crippen MR) is 57.1 cm³/mol. The second-order valence-electron chi connectivity index (χ2n) is 5.09. The molecule has 2 fully saturated rings. The van der Waals surface area contributed by atoms with E-state index in [1.54, 1.807) is 6.92 Å². The lowest BCUT2D eigenvalue weighted by molar-refractivity contribution is -0.0873. The number of hydrogen-bond donors (Lipinski definition) is 0. The molecule has 1 aromatic heterocycles. The van der Waals surface area contributed by atoms with Gasteiger partial charge in [0, 0.05) is 31.6 Å². The van der Waals surface area contributed by atoms with Gasteiger partial charge in [-0.15, -0.1) is 0 Å². The molecule has 1 spiro atoms. The van der Waals surface area contributed by atoms with Crippen molar-refractivity contribution in [3.8, 4) is 0 Å². The Balaban J connectivity index is 1.65. The Labute approximate surface area is 94.0 Å². The number of aryl methyl sites for hydroxylation is 1. The average Bonchev–Trinajstić information content (AvgIpc) is 2.54. The molecule has 0 aliphatic carbocycles. The standard InChI is InChI=1S/C11H15N3O2/c1-8-9(12-7-16-8)10(15)14-5-11(6-14)3-13(2)4-11/h7H,3-6H2,1-2H3. The summed E-state index contributed by atoms with van der Waals surface area (Å²) in [5.41, 5.74) is 0.838. The van der Waals surface area contributed by atoms with Crippen LogP contribution in [-0.2, 0) is 0 Å². The van der Waals surface area contributed by atoms with Crippen molar-refractivity contribution in [1.82, 2.24) is 14.8 Å². The Bertz CT molecular complexity index is 426. The Morgan fingerprint density at radius 2 is 2.12 bits per heavy atom. The highest BCUT2D eigenvalue weighted by atomic mass is 16.3. The maximum Gasteiger partial charge on any atom is 0.276 e. The summed E-state index contributed by atoms with van der Waals surface area (Å²) in [6.07, 6.45) is 1.33. The van der Waals surface area contributed by atoms with Gasteiger partial charge in [0.05, 0.1) is 0 Å². The Hall–Kier alpha value is -1.36. The summed E-state index contributed by atoms with van der Waals surface area (Å²) in [4.78, 5) is 20.1. The minimum Gasteiger partial charge on any atom is -0.448 e. The van der Waals surface area contributed by atoms with Gasteiger partial charge >= 0.3 is 0 Å². The van der Waals surface area contributed by atoms with Crippen molar-refractivity contribution >= 4 is 5.91 Å². The van der Waals surface area contributed by atoms with Crippen LogP contribution in [0.3, 0.4) is 0 Å². The fourth-order valence-electron chi connectivity index (χ4n) is 2.87. The van der Waals surface area contributed by atoms with Crippen molar-refractivity contribution in [3.05, 3.63) is 17.8 Å². The molecule has 86 valence electrons. The smallest absolute Gasteiger partial charge is 0.276 e. The molecule has 0 atom stereocenters. The zero-order chi connectivity index (χ0) is 11.3. The number of amides is 1. The molecule has 0 N–H and O–H groups in total. The molecule has 3 rings (SSSR count). The molecule has 2 aliphatic rings. The number of nitrogens with zero attached hydrogens (tertiary/aromatic N) is 3. The van der Waals surface area contributed by atoms with Crippen LogP contribution in [0.15, 0.2) is 10.8 Å². The molecule has 3 heterocycles. The van der Waals surface area contributed by atoms with Crippen LogP contribution in [0.2, 0.25) is 0 Å². The van der Waals surface area contributed by atoms with Crippen LogP contribution >= 0.6 is 0 Å². The van der Waals surface area contributed by atoms with Crippen LogP contribution in [0.25, 0.3) is 0 Å². The lowest BCUT2D eigenvalue weighted by Gasteiger charge is -2.59. The minimum absolute atomic E-state index is 0.00595. The molecule has 0 aromatic carbocycles. The number of rotatable bonds is 1. The number of carbonyl (C=O) groups excluding carboxylic acids is 1. The third-order valence-corrected chi connectivity index (χ3v) is 3.50. The summed E-state index contributed by atoms with van der Waals surface area (Å²) in [6.45, 7) is 5.71. The SMILES string of the molecule is Cc1ocnc1C(=O)N1CC2(CN(C)C2)C1. The van der Waals surface area contributed by atoms with Gasteiger partial charge in [-0.25, -0.2) is 4.98 Å². The molecule has 1 amide bonds. The summed E-state index contributed by atoms with van der Waals surface area (Å²) >= 11 is 0. The monoisotopic (exact) mass is 221 g/mol. The number of hydrogen-bond acceptors (Lipinski definition) is 4. The van der Waals surface area contributed by atoms with E-state index in [2.05, 4.69) is 16.9 Å². The molecule has 16 heavy (non-hydrogen) atoms. The lowest BCUT2D eigenvalue weighted by Crippen LogP contribution is -2.72. The maximum absolute atomic E-state index is 12.0. The van der Waals surface area contributed by atoms with E-state index in [1.165, 1.54) is 6.39 Å². The second kappa shape index (κ2) is 3.07. The predicted octanol–water partition coefficient (Wildman–Crippen LogP) is 0.371. The van der Waals surface area contributed by atoms with Gasteiger partial charge in [0.25, 0.3) is 5.91 Å². The molecule has 0 bridgehead atoms. The average molecular weight is 221 g/mol. The van der Waals surface area contributed by atoms with Crippen LogP contribution in [0.4, 0.5) is 0 Å². The summed E-state index contributed by atoms with van der Waals surface area (Å²) in [6, 6.07) is 0. The fourth-order valence-corrected chi connectivity index (χ4v) is 2.87. The molecule has 0 unspecified atom stereocenters. The molecule has 5 heteroatoms. The molecular weight excluding hydrogens is 206 g/mol. The molecule has 2 saturated heterocycles. The van der Waals surface area contributed by atoms with Gasteiger partial charge in [-0.1, -0.05) is 0 Å². The minimum atomic E-state index is 0.00595.